The number of nitrogens with two attached hydrogens (primary N) is 1. The molecular formula is C16H14N2O. The Hall–Kier alpha value is -2.55. The van der Waals surface area contributed by atoms with E-state index in [4.69, 9.17) is 5.73 Å². The second-order valence-electron chi connectivity index (χ2n) is 4.57. The molecule has 19 heavy (non-hydrogen) atoms. The predicted molar refractivity (Wildman–Crippen MR) is 79.0 cm³/mol. The molecule has 0 atom stereocenters. The molecule has 0 fully saturated rings. The molecule has 0 amide bonds. The van der Waals surface area contributed by atoms with Crippen LogP contribution >= 0.6 is 0 Å². The van der Waals surface area contributed by atoms with E-state index in [1.165, 1.54) is 0 Å². The van der Waals surface area contributed by atoms with Crippen LogP contribution in [0.3, 0.4) is 0 Å². The highest BCUT2D eigenvalue weighted by atomic mass is 16.1. The van der Waals surface area contributed by atoms with E-state index in [0.717, 1.165) is 16.5 Å². The molecule has 94 valence electrons. The van der Waals surface area contributed by atoms with Crippen molar-refractivity contribution in [1.29, 1.82) is 0 Å². The van der Waals surface area contributed by atoms with Crippen molar-refractivity contribution in [3.63, 3.8) is 0 Å². The topological polar surface area (TPSA) is 48.0 Å². The van der Waals surface area contributed by atoms with E-state index in [2.05, 4.69) is 0 Å². The van der Waals surface area contributed by atoms with Crippen LogP contribution in [-0.2, 0) is 7.05 Å². The van der Waals surface area contributed by atoms with Crippen LogP contribution in [0.1, 0.15) is 0 Å². The van der Waals surface area contributed by atoms with Gasteiger partial charge in [0.1, 0.15) is 0 Å². The number of benzene rings is 2. The number of hydrogen-bond acceptors (Lipinski definition) is 2. The lowest BCUT2D eigenvalue weighted by molar-refractivity contribution is 0.909. The van der Waals surface area contributed by atoms with Gasteiger partial charge in [-0.3, -0.25) is 4.79 Å². The third-order valence-electron chi connectivity index (χ3n) is 3.38. The van der Waals surface area contributed by atoms with E-state index in [-0.39, 0.29) is 5.56 Å². The Kier molecular flexibility index (Phi) is 2.60. The fraction of sp³-hybridized carbons (Fsp3) is 0.0625. The van der Waals surface area contributed by atoms with E-state index in [0.29, 0.717) is 11.3 Å². The molecule has 3 nitrogen and oxygen atoms in total. The lowest BCUT2D eigenvalue weighted by Gasteiger charge is -2.10. The third kappa shape index (κ3) is 1.80. The number of aromatic nitrogens is 1. The second kappa shape index (κ2) is 4.28. The van der Waals surface area contributed by atoms with E-state index in [9.17, 15) is 4.79 Å². The summed E-state index contributed by atoms with van der Waals surface area (Å²) < 4.78 is 1.66. The predicted octanol–water partition coefficient (Wildman–Crippen LogP) is 2.79. The van der Waals surface area contributed by atoms with Crippen molar-refractivity contribution in [2.24, 2.45) is 7.05 Å². The van der Waals surface area contributed by atoms with Gasteiger partial charge in [-0.05, 0) is 23.6 Å². The minimum atomic E-state index is -0.0309. The third-order valence-corrected chi connectivity index (χ3v) is 3.38. The Morgan fingerprint density at radius 3 is 2.42 bits per heavy atom. The van der Waals surface area contributed by atoms with Crippen LogP contribution in [0.4, 0.5) is 5.69 Å². The number of hydrogen-bond donors (Lipinski definition) is 1. The molecule has 2 N–H and O–H groups in total. The zero-order chi connectivity index (χ0) is 13.4. The van der Waals surface area contributed by atoms with Crippen molar-refractivity contribution in [3.8, 4) is 11.1 Å². The largest absolute Gasteiger partial charge is 0.398 e. The molecule has 1 heterocycles. The van der Waals surface area contributed by atoms with Crippen molar-refractivity contribution in [2.45, 2.75) is 0 Å². The second-order valence-corrected chi connectivity index (χ2v) is 4.57. The highest BCUT2D eigenvalue weighted by Gasteiger charge is 2.10. The Balaban J connectivity index is 2.40. The summed E-state index contributed by atoms with van der Waals surface area (Å²) in [5.41, 5.74) is 8.90. The maximum absolute atomic E-state index is 12.4. The number of aryl methyl sites for hydroxylation is 1. The Labute approximate surface area is 110 Å². The van der Waals surface area contributed by atoms with Crippen LogP contribution in [-0.4, -0.2) is 4.57 Å². The highest BCUT2D eigenvalue weighted by Crippen LogP contribution is 2.25. The molecule has 1 aromatic heterocycles. The summed E-state index contributed by atoms with van der Waals surface area (Å²) in [6, 6.07) is 17.2. The summed E-state index contributed by atoms with van der Waals surface area (Å²) >= 11 is 0. The molecule has 0 aliphatic rings. The van der Waals surface area contributed by atoms with Gasteiger partial charge in [0, 0.05) is 23.9 Å². The Morgan fingerprint density at radius 2 is 1.63 bits per heavy atom. The lowest BCUT2D eigenvalue weighted by atomic mass is 10.0. The van der Waals surface area contributed by atoms with Crippen LogP contribution in [0, 0.1) is 0 Å². The smallest absolute Gasteiger partial charge is 0.258 e. The summed E-state index contributed by atoms with van der Waals surface area (Å²) in [6.07, 6.45) is 0. The first kappa shape index (κ1) is 11.5. The average Bonchev–Trinajstić information content (AvgIpc) is 2.44. The van der Waals surface area contributed by atoms with Gasteiger partial charge in [0.05, 0.1) is 5.52 Å². The monoisotopic (exact) mass is 250 g/mol. The van der Waals surface area contributed by atoms with Crippen LogP contribution < -0.4 is 11.3 Å². The van der Waals surface area contributed by atoms with E-state index in [1.807, 2.05) is 54.6 Å². The quantitative estimate of drug-likeness (QED) is 0.675. The Bertz CT molecular complexity index is 818. The zero-order valence-electron chi connectivity index (χ0n) is 10.6. The number of nitrogens with zero attached hydrogens (tertiary/aromatic N) is 1. The van der Waals surface area contributed by atoms with E-state index >= 15 is 0 Å². The van der Waals surface area contributed by atoms with Gasteiger partial charge in [0.15, 0.2) is 0 Å². The normalized spacial score (nSPS) is 10.8. The summed E-state index contributed by atoms with van der Waals surface area (Å²) in [5.74, 6) is 0. The van der Waals surface area contributed by atoms with Gasteiger partial charge < -0.3 is 10.3 Å². The van der Waals surface area contributed by atoms with Gasteiger partial charge in [-0.1, -0.05) is 36.4 Å². The molecule has 3 heteroatoms. The van der Waals surface area contributed by atoms with Gasteiger partial charge >= 0.3 is 0 Å². The molecule has 0 aliphatic heterocycles. The molecule has 3 aromatic rings. The SMILES string of the molecule is Cn1c(=O)c(-c2ccccc2N)cc2ccccc21. The summed E-state index contributed by atoms with van der Waals surface area (Å²) in [7, 11) is 1.79. The minimum Gasteiger partial charge on any atom is -0.398 e. The molecule has 3 rings (SSSR count). The van der Waals surface area contributed by atoms with Crippen molar-refractivity contribution in [1.82, 2.24) is 4.57 Å². The van der Waals surface area contributed by atoms with E-state index in [1.54, 1.807) is 11.6 Å². The van der Waals surface area contributed by atoms with Crippen LogP contribution in [0.25, 0.3) is 22.0 Å². The molecule has 2 aromatic carbocycles. The standard InChI is InChI=1S/C16H14N2O/c1-18-15-9-5-2-6-11(15)10-13(16(18)19)12-7-3-4-8-14(12)17/h2-10H,17H2,1H3. The number of fused-ring (bicyclic) bond motifs is 1. The van der Waals surface area contributed by atoms with E-state index < -0.39 is 0 Å². The number of pyridine rings is 1. The van der Waals surface area contributed by atoms with Crippen LogP contribution in [0.2, 0.25) is 0 Å². The molecule has 0 aliphatic carbocycles. The maximum atomic E-state index is 12.4. The van der Waals surface area contributed by atoms with Gasteiger partial charge in [-0.15, -0.1) is 0 Å². The van der Waals surface area contributed by atoms with Crippen molar-refractivity contribution in [2.75, 3.05) is 5.73 Å². The lowest BCUT2D eigenvalue weighted by Crippen LogP contribution is -2.19. The first-order valence-electron chi connectivity index (χ1n) is 6.12. The first-order chi connectivity index (χ1) is 9.18. The fourth-order valence-corrected chi connectivity index (χ4v) is 2.36. The van der Waals surface area contributed by atoms with Crippen LogP contribution in [0.15, 0.2) is 59.4 Å². The number of nitrogen functional groups attached to an aromatic ring is 1. The average molecular weight is 250 g/mol. The van der Waals surface area contributed by atoms with Crippen molar-refractivity contribution in [3.05, 3.63) is 65.0 Å². The number of rotatable bonds is 1. The van der Waals surface area contributed by atoms with Gasteiger partial charge in [-0.2, -0.15) is 0 Å². The van der Waals surface area contributed by atoms with Gasteiger partial charge in [0.25, 0.3) is 5.56 Å². The summed E-state index contributed by atoms with van der Waals surface area (Å²) in [5, 5.41) is 1.03. The summed E-state index contributed by atoms with van der Waals surface area (Å²) in [6.45, 7) is 0. The fourth-order valence-electron chi connectivity index (χ4n) is 2.36. The molecule has 0 unspecified atom stereocenters. The van der Waals surface area contributed by atoms with Crippen molar-refractivity contribution >= 4 is 16.6 Å². The molecular weight excluding hydrogens is 236 g/mol. The molecule has 0 spiro atoms. The van der Waals surface area contributed by atoms with Gasteiger partial charge in [-0.25, -0.2) is 0 Å². The molecule has 0 bridgehead atoms. The Morgan fingerprint density at radius 1 is 0.947 bits per heavy atom. The molecule has 0 saturated heterocycles. The van der Waals surface area contributed by atoms with Crippen LogP contribution in [0.5, 0.6) is 0 Å². The number of para-hydroxylation sites is 2. The van der Waals surface area contributed by atoms with Gasteiger partial charge in [0.2, 0.25) is 0 Å². The van der Waals surface area contributed by atoms with Crippen molar-refractivity contribution < 1.29 is 0 Å². The molecule has 0 radical (unpaired) electrons. The number of anilines is 1. The summed E-state index contributed by atoms with van der Waals surface area (Å²) in [4.78, 5) is 12.4. The molecule has 0 saturated carbocycles. The minimum absolute atomic E-state index is 0.0309. The zero-order valence-corrected chi connectivity index (χ0v) is 10.6. The maximum Gasteiger partial charge on any atom is 0.258 e. The highest BCUT2D eigenvalue weighted by molar-refractivity contribution is 5.86. The first-order valence-corrected chi connectivity index (χ1v) is 6.12.